The van der Waals surface area contributed by atoms with Crippen molar-refractivity contribution in [1.82, 2.24) is 5.32 Å². The van der Waals surface area contributed by atoms with Gasteiger partial charge in [-0.05, 0) is 63.6 Å². The summed E-state index contributed by atoms with van der Waals surface area (Å²) >= 11 is 5.91. The second kappa shape index (κ2) is 7.43. The molecule has 0 aromatic heterocycles. The Morgan fingerprint density at radius 1 is 1.21 bits per heavy atom. The number of aliphatic carboxylic acids is 1. The number of hydrogen-bond donors (Lipinski definition) is 2. The van der Waals surface area contributed by atoms with Crippen LogP contribution in [0.1, 0.15) is 51.5 Å². The quantitative estimate of drug-likeness (QED) is 0.853. The number of ether oxygens (including phenoxy) is 1. The predicted octanol–water partition coefficient (Wildman–Crippen LogP) is 4.20. The van der Waals surface area contributed by atoms with E-state index in [2.05, 4.69) is 5.32 Å². The molecule has 132 valence electrons. The first-order valence-corrected chi connectivity index (χ1v) is 8.51. The van der Waals surface area contributed by atoms with Gasteiger partial charge in [0, 0.05) is 11.1 Å². The number of benzene rings is 1. The first-order valence-electron chi connectivity index (χ1n) is 8.13. The van der Waals surface area contributed by atoms with Crippen molar-refractivity contribution in [2.75, 3.05) is 0 Å². The molecule has 0 radical (unpaired) electrons. The van der Waals surface area contributed by atoms with Crippen LogP contribution in [0.5, 0.6) is 0 Å². The van der Waals surface area contributed by atoms with Gasteiger partial charge in [0.15, 0.2) is 0 Å². The molecule has 0 unspecified atom stereocenters. The normalized spacial score (nSPS) is 24.2. The van der Waals surface area contributed by atoms with Gasteiger partial charge in [0.2, 0.25) is 0 Å². The molecule has 0 aliphatic heterocycles. The molecule has 1 aliphatic carbocycles. The van der Waals surface area contributed by atoms with Crippen LogP contribution in [0.15, 0.2) is 24.3 Å². The Labute approximate surface area is 147 Å². The first kappa shape index (κ1) is 18.6. The van der Waals surface area contributed by atoms with E-state index < -0.39 is 29.6 Å². The molecule has 0 bridgehead atoms. The third kappa shape index (κ3) is 5.13. The summed E-state index contributed by atoms with van der Waals surface area (Å²) in [5, 5.41) is 12.9. The maximum Gasteiger partial charge on any atom is 0.407 e. The number of carbonyl (C=O) groups is 2. The van der Waals surface area contributed by atoms with Crippen LogP contribution in [0.2, 0.25) is 5.02 Å². The van der Waals surface area contributed by atoms with Crippen molar-refractivity contribution in [2.24, 2.45) is 5.92 Å². The molecule has 1 saturated carbocycles. The summed E-state index contributed by atoms with van der Waals surface area (Å²) in [5.41, 5.74) is 0.477. The third-order valence-electron chi connectivity index (χ3n) is 4.21. The highest BCUT2D eigenvalue weighted by atomic mass is 35.5. The Morgan fingerprint density at radius 2 is 1.83 bits per heavy atom. The highest BCUT2D eigenvalue weighted by Crippen LogP contribution is 2.37. The zero-order chi connectivity index (χ0) is 17.9. The number of alkyl carbamates (subject to hydrolysis) is 1. The van der Waals surface area contributed by atoms with Crippen LogP contribution in [0.4, 0.5) is 4.79 Å². The summed E-state index contributed by atoms with van der Waals surface area (Å²) in [6.45, 7) is 5.33. The van der Waals surface area contributed by atoms with Gasteiger partial charge in [0.05, 0.1) is 5.92 Å². The van der Waals surface area contributed by atoms with Crippen molar-refractivity contribution in [2.45, 2.75) is 57.6 Å². The molecule has 1 aromatic rings. The Kier molecular flexibility index (Phi) is 5.75. The van der Waals surface area contributed by atoms with Gasteiger partial charge in [0.25, 0.3) is 0 Å². The minimum atomic E-state index is -0.894. The van der Waals surface area contributed by atoms with Gasteiger partial charge in [-0.1, -0.05) is 23.7 Å². The molecule has 1 fully saturated rings. The molecule has 2 rings (SSSR count). The summed E-state index contributed by atoms with van der Waals surface area (Å²) in [7, 11) is 0. The lowest BCUT2D eigenvalue weighted by Gasteiger charge is -2.35. The molecule has 5 nitrogen and oxygen atoms in total. The Balaban J connectivity index is 2.04. The second-order valence-electron chi connectivity index (χ2n) is 7.26. The van der Waals surface area contributed by atoms with E-state index in [1.54, 1.807) is 20.8 Å². The number of carboxylic acids is 1. The Hall–Kier alpha value is -1.75. The fraction of sp³-hybridized carbons (Fsp3) is 0.556. The van der Waals surface area contributed by atoms with Gasteiger partial charge in [0.1, 0.15) is 5.60 Å². The minimum Gasteiger partial charge on any atom is -0.481 e. The zero-order valence-electron chi connectivity index (χ0n) is 14.2. The predicted molar refractivity (Wildman–Crippen MR) is 92.3 cm³/mol. The smallest absolute Gasteiger partial charge is 0.407 e. The molecule has 2 N–H and O–H groups in total. The van der Waals surface area contributed by atoms with E-state index in [1.807, 2.05) is 24.3 Å². The van der Waals surface area contributed by atoms with E-state index in [1.165, 1.54) is 0 Å². The third-order valence-corrected chi connectivity index (χ3v) is 4.46. The number of rotatable bonds is 3. The van der Waals surface area contributed by atoms with Crippen LogP contribution >= 0.6 is 11.6 Å². The minimum absolute atomic E-state index is 0.153. The topological polar surface area (TPSA) is 75.6 Å². The Morgan fingerprint density at radius 3 is 2.38 bits per heavy atom. The van der Waals surface area contributed by atoms with Crippen molar-refractivity contribution in [3.8, 4) is 0 Å². The molecular formula is C18H24ClNO4. The lowest BCUT2D eigenvalue weighted by Crippen LogP contribution is -2.47. The molecule has 3 atom stereocenters. The summed E-state index contributed by atoms with van der Waals surface area (Å²) in [6.07, 6.45) is 1.33. The van der Waals surface area contributed by atoms with E-state index in [-0.39, 0.29) is 5.92 Å². The molecule has 1 amide bonds. The zero-order valence-corrected chi connectivity index (χ0v) is 15.0. The number of carboxylic acid groups (broad SMARTS) is 1. The SMILES string of the molecule is CC(C)(C)OC(=O)N[C@@H]1CC[C@@H](c2ccc(Cl)cc2)C[C@@H]1C(=O)O. The molecule has 0 saturated heterocycles. The highest BCUT2D eigenvalue weighted by molar-refractivity contribution is 6.30. The number of halogens is 1. The van der Waals surface area contributed by atoms with Crippen molar-refractivity contribution < 1.29 is 19.4 Å². The maximum absolute atomic E-state index is 11.9. The van der Waals surface area contributed by atoms with E-state index in [0.717, 1.165) is 12.0 Å². The summed E-state index contributed by atoms with van der Waals surface area (Å²) in [4.78, 5) is 23.6. The van der Waals surface area contributed by atoms with Gasteiger partial charge in [-0.15, -0.1) is 0 Å². The standard InChI is InChI=1S/C18H24ClNO4/c1-18(2,3)24-17(23)20-15-9-6-12(10-14(15)16(21)22)11-4-7-13(19)8-5-11/h4-5,7-8,12,14-15H,6,9-10H2,1-3H3,(H,20,23)(H,21,22)/t12-,14+,15-/m1/s1. The van der Waals surface area contributed by atoms with E-state index in [4.69, 9.17) is 16.3 Å². The molecule has 6 heteroatoms. The first-order chi connectivity index (χ1) is 11.2. The fourth-order valence-corrected chi connectivity index (χ4v) is 3.24. The number of nitrogens with one attached hydrogen (secondary N) is 1. The van der Waals surface area contributed by atoms with Crippen LogP contribution in [0.25, 0.3) is 0 Å². The maximum atomic E-state index is 11.9. The van der Waals surface area contributed by atoms with Gasteiger partial charge in [-0.3, -0.25) is 4.79 Å². The van der Waals surface area contributed by atoms with Crippen LogP contribution in [-0.4, -0.2) is 28.8 Å². The highest BCUT2D eigenvalue weighted by Gasteiger charge is 2.37. The van der Waals surface area contributed by atoms with Crippen LogP contribution in [0, 0.1) is 5.92 Å². The van der Waals surface area contributed by atoms with E-state index in [9.17, 15) is 14.7 Å². The molecule has 24 heavy (non-hydrogen) atoms. The van der Waals surface area contributed by atoms with E-state index >= 15 is 0 Å². The lowest BCUT2D eigenvalue weighted by atomic mass is 9.75. The van der Waals surface area contributed by atoms with Crippen LogP contribution in [-0.2, 0) is 9.53 Å². The summed E-state index contributed by atoms with van der Waals surface area (Å²) in [5.74, 6) is -1.37. The van der Waals surface area contributed by atoms with Crippen molar-refractivity contribution >= 4 is 23.7 Å². The van der Waals surface area contributed by atoms with Crippen molar-refractivity contribution in [3.05, 3.63) is 34.9 Å². The van der Waals surface area contributed by atoms with Crippen LogP contribution in [0.3, 0.4) is 0 Å². The van der Waals surface area contributed by atoms with Gasteiger partial charge in [-0.2, -0.15) is 0 Å². The Bertz CT molecular complexity index is 594. The average Bonchev–Trinajstić information content (AvgIpc) is 2.46. The largest absolute Gasteiger partial charge is 0.481 e. The average molecular weight is 354 g/mol. The number of amides is 1. The summed E-state index contributed by atoms with van der Waals surface area (Å²) in [6, 6.07) is 7.09. The molecule has 1 aromatic carbocycles. The number of hydrogen-bond acceptors (Lipinski definition) is 3. The second-order valence-corrected chi connectivity index (χ2v) is 7.70. The molecule has 0 spiro atoms. The molecule has 1 aliphatic rings. The van der Waals surface area contributed by atoms with Crippen molar-refractivity contribution in [3.63, 3.8) is 0 Å². The molecule has 0 heterocycles. The lowest BCUT2D eigenvalue weighted by molar-refractivity contribution is -0.143. The van der Waals surface area contributed by atoms with Crippen LogP contribution < -0.4 is 5.32 Å². The van der Waals surface area contributed by atoms with Crippen molar-refractivity contribution in [1.29, 1.82) is 0 Å². The van der Waals surface area contributed by atoms with Gasteiger partial charge in [-0.25, -0.2) is 4.79 Å². The fourth-order valence-electron chi connectivity index (χ4n) is 3.11. The van der Waals surface area contributed by atoms with E-state index in [0.29, 0.717) is 17.9 Å². The monoisotopic (exact) mass is 353 g/mol. The van der Waals surface area contributed by atoms with Gasteiger partial charge < -0.3 is 15.2 Å². The summed E-state index contributed by atoms with van der Waals surface area (Å²) < 4.78 is 5.24. The molecular weight excluding hydrogens is 330 g/mol. The van der Waals surface area contributed by atoms with Gasteiger partial charge >= 0.3 is 12.1 Å². The number of carbonyl (C=O) groups excluding carboxylic acids is 1.